The molecule has 2 amide bonds. The summed E-state index contributed by atoms with van der Waals surface area (Å²) in [6.07, 6.45) is -3.00. The van der Waals surface area contributed by atoms with Crippen LogP contribution in [0.3, 0.4) is 0 Å². The maximum Gasteiger partial charge on any atom is 0.416 e. The van der Waals surface area contributed by atoms with Crippen LogP contribution in [0.4, 0.5) is 24.5 Å². The average molecular weight is 417 g/mol. The lowest BCUT2D eigenvalue weighted by molar-refractivity contribution is -0.137. The Kier molecular flexibility index (Phi) is 6.41. The second kappa shape index (κ2) is 9.17. The van der Waals surface area contributed by atoms with Gasteiger partial charge in [-0.3, -0.25) is 9.59 Å². The fourth-order valence-corrected chi connectivity index (χ4v) is 2.67. The molecule has 3 N–H and O–H groups in total. The highest BCUT2D eigenvalue weighted by molar-refractivity contribution is 6.00. The highest BCUT2D eigenvalue weighted by Gasteiger charge is 2.30. The summed E-state index contributed by atoms with van der Waals surface area (Å²) < 4.78 is 43.5. The fourth-order valence-electron chi connectivity index (χ4n) is 2.67. The lowest BCUT2D eigenvalue weighted by atomic mass is 10.1. The van der Waals surface area contributed by atoms with Crippen molar-refractivity contribution < 1.29 is 27.2 Å². The number of hydrogen-bond donors (Lipinski definition) is 3. The molecule has 0 atom stereocenters. The predicted octanol–water partition coefficient (Wildman–Crippen LogP) is 4.28. The first-order chi connectivity index (χ1) is 14.3. The summed E-state index contributed by atoms with van der Waals surface area (Å²) in [6, 6.07) is 14.4. The van der Waals surface area contributed by atoms with Crippen LogP contribution in [0.5, 0.6) is 0 Å². The number of hydrogen-bond acceptors (Lipinski definition) is 4. The molecule has 0 unspecified atom stereocenters. The third-order valence-corrected chi connectivity index (χ3v) is 4.09. The van der Waals surface area contributed by atoms with E-state index < -0.39 is 17.6 Å². The van der Waals surface area contributed by atoms with Gasteiger partial charge in [-0.25, -0.2) is 0 Å². The Morgan fingerprint density at radius 2 is 1.77 bits per heavy atom. The Labute approximate surface area is 170 Å². The molecule has 0 spiro atoms. The minimum absolute atomic E-state index is 0.0288. The zero-order valence-electron chi connectivity index (χ0n) is 15.6. The summed E-state index contributed by atoms with van der Waals surface area (Å²) in [5.41, 5.74) is -0.0995. The van der Waals surface area contributed by atoms with E-state index in [4.69, 9.17) is 4.42 Å². The van der Waals surface area contributed by atoms with Crippen molar-refractivity contribution in [2.45, 2.75) is 12.7 Å². The van der Waals surface area contributed by atoms with Crippen LogP contribution in [-0.4, -0.2) is 18.4 Å². The number of para-hydroxylation sites is 1. The Bertz CT molecular complexity index is 1020. The van der Waals surface area contributed by atoms with Gasteiger partial charge < -0.3 is 20.4 Å². The van der Waals surface area contributed by atoms with Crippen molar-refractivity contribution in [1.29, 1.82) is 0 Å². The molecule has 30 heavy (non-hydrogen) atoms. The molecule has 0 radical (unpaired) electrons. The van der Waals surface area contributed by atoms with Crippen molar-refractivity contribution >= 4 is 23.2 Å². The van der Waals surface area contributed by atoms with Gasteiger partial charge in [0.2, 0.25) is 5.91 Å². The van der Waals surface area contributed by atoms with Gasteiger partial charge in [-0.2, -0.15) is 13.2 Å². The van der Waals surface area contributed by atoms with Crippen molar-refractivity contribution in [3.63, 3.8) is 0 Å². The highest BCUT2D eigenvalue weighted by atomic mass is 19.4. The molecule has 0 aliphatic rings. The van der Waals surface area contributed by atoms with Crippen molar-refractivity contribution in [2.75, 3.05) is 17.2 Å². The van der Waals surface area contributed by atoms with E-state index in [9.17, 15) is 22.8 Å². The van der Waals surface area contributed by atoms with Crippen LogP contribution >= 0.6 is 0 Å². The number of amides is 2. The summed E-state index contributed by atoms with van der Waals surface area (Å²) in [5, 5.41) is 7.95. The first-order valence-electron chi connectivity index (χ1n) is 8.93. The average Bonchev–Trinajstić information content (AvgIpc) is 3.24. The number of anilines is 2. The quantitative estimate of drug-likeness (QED) is 0.536. The number of carbonyl (C=O) groups is 2. The molecule has 1 heterocycles. The normalized spacial score (nSPS) is 11.0. The first-order valence-corrected chi connectivity index (χ1v) is 8.93. The second-order valence-corrected chi connectivity index (χ2v) is 6.29. The molecule has 0 saturated carbocycles. The van der Waals surface area contributed by atoms with Crippen LogP contribution in [-0.2, 0) is 17.5 Å². The molecule has 3 rings (SSSR count). The third kappa shape index (κ3) is 5.63. The van der Waals surface area contributed by atoms with Gasteiger partial charge in [0, 0.05) is 11.4 Å². The molecular weight excluding hydrogens is 399 g/mol. The molecule has 9 heteroatoms. The molecule has 0 aliphatic heterocycles. The van der Waals surface area contributed by atoms with Crippen LogP contribution in [0, 0.1) is 0 Å². The minimum Gasteiger partial charge on any atom is -0.467 e. The summed E-state index contributed by atoms with van der Waals surface area (Å²) in [5.74, 6) is -0.331. The van der Waals surface area contributed by atoms with E-state index in [-0.39, 0.29) is 24.7 Å². The number of benzene rings is 2. The SMILES string of the molecule is O=C(CNc1ccccc1C(=O)NCc1ccco1)Nc1cccc(C(F)(F)F)c1. The van der Waals surface area contributed by atoms with E-state index >= 15 is 0 Å². The van der Waals surface area contributed by atoms with E-state index in [2.05, 4.69) is 16.0 Å². The topological polar surface area (TPSA) is 83.4 Å². The Balaban J connectivity index is 1.59. The van der Waals surface area contributed by atoms with Gasteiger partial charge in [0.1, 0.15) is 5.76 Å². The molecule has 3 aromatic rings. The summed E-state index contributed by atoms with van der Waals surface area (Å²) in [7, 11) is 0. The van der Waals surface area contributed by atoms with Crippen LogP contribution in [0.2, 0.25) is 0 Å². The number of rotatable bonds is 7. The van der Waals surface area contributed by atoms with Crippen molar-refractivity contribution in [3.8, 4) is 0 Å². The Hall–Kier alpha value is -3.75. The molecule has 156 valence electrons. The number of nitrogens with one attached hydrogen (secondary N) is 3. The molecule has 0 bridgehead atoms. The van der Waals surface area contributed by atoms with Crippen molar-refractivity contribution in [2.24, 2.45) is 0 Å². The minimum atomic E-state index is -4.50. The molecule has 2 aromatic carbocycles. The number of furan rings is 1. The largest absolute Gasteiger partial charge is 0.467 e. The van der Waals surface area contributed by atoms with Crippen molar-refractivity contribution in [3.05, 3.63) is 83.8 Å². The first kappa shape index (κ1) is 21.0. The number of halogens is 3. The van der Waals surface area contributed by atoms with Crippen LogP contribution in [0.25, 0.3) is 0 Å². The predicted molar refractivity (Wildman–Crippen MR) is 105 cm³/mol. The number of alkyl halides is 3. The number of carbonyl (C=O) groups excluding carboxylic acids is 2. The van der Waals surface area contributed by atoms with E-state index in [1.54, 1.807) is 36.4 Å². The van der Waals surface area contributed by atoms with Gasteiger partial charge >= 0.3 is 6.18 Å². The molecule has 0 fully saturated rings. The van der Waals surface area contributed by atoms with E-state index in [1.807, 2.05) is 0 Å². The summed E-state index contributed by atoms with van der Waals surface area (Å²) >= 11 is 0. The van der Waals surface area contributed by atoms with Crippen LogP contribution < -0.4 is 16.0 Å². The molecule has 0 saturated heterocycles. The molecule has 0 aliphatic carbocycles. The molecule has 6 nitrogen and oxygen atoms in total. The lowest BCUT2D eigenvalue weighted by Gasteiger charge is -2.13. The smallest absolute Gasteiger partial charge is 0.416 e. The van der Waals surface area contributed by atoms with Crippen LogP contribution in [0.15, 0.2) is 71.3 Å². The van der Waals surface area contributed by atoms with Gasteiger partial charge in [-0.15, -0.1) is 0 Å². The second-order valence-electron chi connectivity index (χ2n) is 6.29. The maximum absolute atomic E-state index is 12.8. The zero-order chi connectivity index (χ0) is 21.6. The van der Waals surface area contributed by atoms with Gasteiger partial charge in [0.15, 0.2) is 0 Å². The van der Waals surface area contributed by atoms with E-state index in [0.29, 0.717) is 17.0 Å². The molecular formula is C21H18F3N3O3. The van der Waals surface area contributed by atoms with Gasteiger partial charge in [-0.05, 0) is 42.5 Å². The maximum atomic E-state index is 12.8. The van der Waals surface area contributed by atoms with Crippen LogP contribution in [0.1, 0.15) is 21.7 Å². The highest BCUT2D eigenvalue weighted by Crippen LogP contribution is 2.30. The third-order valence-electron chi connectivity index (χ3n) is 4.09. The standard InChI is InChI=1S/C21H18F3N3O3/c22-21(23,24)14-5-3-6-15(11-14)27-19(28)13-25-18-9-2-1-8-17(18)20(29)26-12-16-7-4-10-30-16/h1-11,25H,12-13H2,(H,26,29)(H,27,28). The van der Waals surface area contributed by atoms with Gasteiger partial charge in [-0.1, -0.05) is 18.2 Å². The van der Waals surface area contributed by atoms with E-state index in [1.165, 1.54) is 18.4 Å². The Morgan fingerprint density at radius 3 is 2.50 bits per heavy atom. The van der Waals surface area contributed by atoms with E-state index in [0.717, 1.165) is 12.1 Å². The monoisotopic (exact) mass is 417 g/mol. The van der Waals surface area contributed by atoms with Gasteiger partial charge in [0.05, 0.1) is 30.5 Å². The van der Waals surface area contributed by atoms with Gasteiger partial charge in [0.25, 0.3) is 5.91 Å². The Morgan fingerprint density at radius 1 is 0.967 bits per heavy atom. The molecule has 1 aromatic heterocycles. The zero-order valence-corrected chi connectivity index (χ0v) is 15.6. The van der Waals surface area contributed by atoms with Crippen molar-refractivity contribution in [1.82, 2.24) is 5.32 Å². The fraction of sp³-hybridized carbons (Fsp3) is 0.143. The summed E-state index contributed by atoms with van der Waals surface area (Å²) in [4.78, 5) is 24.6. The summed E-state index contributed by atoms with van der Waals surface area (Å²) in [6.45, 7) is -0.0328. The lowest BCUT2D eigenvalue weighted by Crippen LogP contribution is -2.26.